The molecule has 5 heteroatoms. The minimum absolute atomic E-state index is 0.120. The van der Waals surface area contributed by atoms with Crippen molar-refractivity contribution in [2.24, 2.45) is 0 Å². The summed E-state index contributed by atoms with van der Waals surface area (Å²) < 4.78 is 0. The number of aliphatic carboxylic acids is 1. The molecule has 0 saturated heterocycles. The van der Waals surface area contributed by atoms with Gasteiger partial charge in [-0.1, -0.05) is 0 Å². The van der Waals surface area contributed by atoms with Gasteiger partial charge in [0.15, 0.2) is 0 Å². The second-order valence-electron chi connectivity index (χ2n) is 2.48. The number of thioether (sulfide) groups is 1. The fraction of sp³-hybridized carbons (Fsp3) is 0.222. The van der Waals surface area contributed by atoms with E-state index in [4.69, 9.17) is 10.4 Å². The molecule has 0 radical (unpaired) electrons. The maximum absolute atomic E-state index is 10.2. The van der Waals surface area contributed by atoms with Gasteiger partial charge in [0.1, 0.15) is 11.8 Å². The maximum Gasteiger partial charge on any atom is 0.304 e. The van der Waals surface area contributed by atoms with Crippen LogP contribution in [0.15, 0.2) is 23.2 Å². The molecule has 1 aromatic heterocycles. The fourth-order valence-electron chi connectivity index (χ4n) is 0.818. The van der Waals surface area contributed by atoms with E-state index in [0.717, 1.165) is 4.90 Å². The van der Waals surface area contributed by atoms with Crippen LogP contribution in [-0.2, 0) is 4.79 Å². The molecule has 0 amide bonds. The van der Waals surface area contributed by atoms with E-state index in [1.165, 1.54) is 11.8 Å². The zero-order valence-corrected chi connectivity index (χ0v) is 8.12. The number of nitriles is 1. The summed E-state index contributed by atoms with van der Waals surface area (Å²) in [6.07, 6.45) is 1.66. The number of pyridine rings is 1. The number of hydrogen-bond acceptors (Lipinski definition) is 4. The van der Waals surface area contributed by atoms with Gasteiger partial charge in [0.05, 0.1) is 6.42 Å². The molecule has 0 atom stereocenters. The number of hydrogen-bond donors (Lipinski definition) is 1. The summed E-state index contributed by atoms with van der Waals surface area (Å²) in [5.74, 6) is -0.309. The van der Waals surface area contributed by atoms with Crippen LogP contribution < -0.4 is 0 Å². The monoisotopic (exact) mass is 208 g/mol. The first kappa shape index (κ1) is 10.5. The van der Waals surface area contributed by atoms with Gasteiger partial charge in [0, 0.05) is 16.8 Å². The highest BCUT2D eigenvalue weighted by molar-refractivity contribution is 7.99. The van der Waals surface area contributed by atoms with Gasteiger partial charge in [0.25, 0.3) is 0 Å². The maximum atomic E-state index is 10.2. The number of rotatable bonds is 4. The molecule has 1 rings (SSSR count). The van der Waals surface area contributed by atoms with Crippen LogP contribution in [0.4, 0.5) is 0 Å². The Labute approximate surface area is 85.6 Å². The van der Waals surface area contributed by atoms with Crippen molar-refractivity contribution < 1.29 is 9.90 Å². The smallest absolute Gasteiger partial charge is 0.304 e. The minimum Gasteiger partial charge on any atom is -0.481 e. The quantitative estimate of drug-likeness (QED) is 0.759. The van der Waals surface area contributed by atoms with Crippen LogP contribution in [0.2, 0.25) is 0 Å². The molecule has 1 heterocycles. The van der Waals surface area contributed by atoms with Gasteiger partial charge >= 0.3 is 5.97 Å². The van der Waals surface area contributed by atoms with E-state index >= 15 is 0 Å². The standard InChI is InChI=1S/C9H8N2O2S/c10-6-7-5-8(1-3-11-7)14-4-2-9(12)13/h1,3,5H,2,4H2,(H,12,13). The molecule has 0 aromatic carbocycles. The number of aromatic nitrogens is 1. The highest BCUT2D eigenvalue weighted by Gasteiger charge is 2.00. The summed E-state index contributed by atoms with van der Waals surface area (Å²) in [4.78, 5) is 14.9. The molecular weight excluding hydrogens is 200 g/mol. The highest BCUT2D eigenvalue weighted by atomic mass is 32.2. The summed E-state index contributed by atoms with van der Waals surface area (Å²) in [5, 5.41) is 17.0. The molecule has 0 spiro atoms. The predicted molar refractivity (Wildman–Crippen MR) is 51.9 cm³/mol. The van der Waals surface area contributed by atoms with Crippen LogP contribution in [0.5, 0.6) is 0 Å². The second-order valence-corrected chi connectivity index (χ2v) is 3.65. The average Bonchev–Trinajstić information content (AvgIpc) is 2.18. The Kier molecular flexibility index (Phi) is 3.95. The molecule has 0 fully saturated rings. The van der Waals surface area contributed by atoms with Crippen molar-refractivity contribution in [1.82, 2.24) is 4.98 Å². The van der Waals surface area contributed by atoms with Crippen LogP contribution in [0, 0.1) is 11.3 Å². The summed E-state index contributed by atoms with van der Waals surface area (Å²) in [5.41, 5.74) is 0.352. The molecule has 0 bridgehead atoms. The van der Waals surface area contributed by atoms with E-state index in [1.807, 2.05) is 6.07 Å². The zero-order valence-electron chi connectivity index (χ0n) is 7.30. The van der Waals surface area contributed by atoms with E-state index in [9.17, 15) is 4.79 Å². The molecule has 0 aliphatic rings. The Morgan fingerprint density at radius 2 is 2.50 bits per heavy atom. The lowest BCUT2D eigenvalue weighted by Crippen LogP contribution is -1.95. The third-order valence-electron chi connectivity index (χ3n) is 1.43. The molecule has 1 aromatic rings. The molecular formula is C9H8N2O2S. The van der Waals surface area contributed by atoms with E-state index in [-0.39, 0.29) is 6.42 Å². The normalized spacial score (nSPS) is 9.36. The SMILES string of the molecule is N#Cc1cc(SCCC(=O)O)ccn1. The largest absolute Gasteiger partial charge is 0.481 e. The summed E-state index contributed by atoms with van der Waals surface area (Å²) in [7, 11) is 0. The van der Waals surface area contributed by atoms with Gasteiger partial charge in [-0.15, -0.1) is 11.8 Å². The first-order valence-corrected chi connectivity index (χ1v) is 4.91. The van der Waals surface area contributed by atoms with Crippen molar-refractivity contribution in [2.45, 2.75) is 11.3 Å². The van der Waals surface area contributed by atoms with Crippen LogP contribution in [0.25, 0.3) is 0 Å². The molecule has 72 valence electrons. The van der Waals surface area contributed by atoms with Crippen molar-refractivity contribution >= 4 is 17.7 Å². The van der Waals surface area contributed by atoms with Crippen LogP contribution in [0.1, 0.15) is 12.1 Å². The minimum atomic E-state index is -0.813. The highest BCUT2D eigenvalue weighted by Crippen LogP contribution is 2.18. The van der Waals surface area contributed by atoms with E-state index in [1.54, 1.807) is 18.3 Å². The van der Waals surface area contributed by atoms with Crippen molar-refractivity contribution in [1.29, 1.82) is 5.26 Å². The molecule has 0 aliphatic carbocycles. The fourth-order valence-corrected chi connectivity index (χ4v) is 1.68. The summed E-state index contributed by atoms with van der Waals surface area (Å²) >= 11 is 1.41. The van der Waals surface area contributed by atoms with Crippen molar-refractivity contribution in [2.75, 3.05) is 5.75 Å². The van der Waals surface area contributed by atoms with Crippen molar-refractivity contribution in [3.05, 3.63) is 24.0 Å². The number of carboxylic acid groups (broad SMARTS) is 1. The van der Waals surface area contributed by atoms with Crippen LogP contribution in [-0.4, -0.2) is 21.8 Å². The molecule has 0 saturated carbocycles. The Balaban J connectivity index is 2.51. The lowest BCUT2D eigenvalue weighted by Gasteiger charge is -1.98. The molecule has 14 heavy (non-hydrogen) atoms. The Bertz CT molecular complexity index is 373. The molecule has 4 nitrogen and oxygen atoms in total. The zero-order chi connectivity index (χ0) is 10.4. The first-order valence-electron chi connectivity index (χ1n) is 3.93. The van der Waals surface area contributed by atoms with Crippen LogP contribution in [0.3, 0.4) is 0 Å². The first-order chi connectivity index (χ1) is 6.72. The van der Waals surface area contributed by atoms with Gasteiger partial charge < -0.3 is 5.11 Å². The van der Waals surface area contributed by atoms with Crippen LogP contribution >= 0.6 is 11.8 Å². The number of carboxylic acids is 1. The average molecular weight is 208 g/mol. The Morgan fingerprint density at radius 3 is 3.14 bits per heavy atom. The third-order valence-corrected chi connectivity index (χ3v) is 2.43. The van der Waals surface area contributed by atoms with Gasteiger partial charge in [-0.3, -0.25) is 4.79 Å². The van der Waals surface area contributed by atoms with Crippen molar-refractivity contribution in [3.63, 3.8) is 0 Å². The number of nitrogens with zero attached hydrogens (tertiary/aromatic N) is 2. The van der Waals surface area contributed by atoms with Gasteiger partial charge in [-0.25, -0.2) is 4.98 Å². The lowest BCUT2D eigenvalue weighted by atomic mass is 10.4. The summed E-state index contributed by atoms with van der Waals surface area (Å²) in [6.45, 7) is 0. The predicted octanol–water partition coefficient (Wildman–Crippen LogP) is 1.52. The molecule has 0 aliphatic heterocycles. The second kappa shape index (κ2) is 5.25. The molecule has 1 N–H and O–H groups in total. The summed E-state index contributed by atoms with van der Waals surface area (Å²) in [6, 6.07) is 5.33. The van der Waals surface area contributed by atoms with Gasteiger partial charge in [0.2, 0.25) is 0 Å². The lowest BCUT2D eigenvalue weighted by molar-refractivity contribution is -0.136. The van der Waals surface area contributed by atoms with E-state index in [2.05, 4.69) is 4.98 Å². The number of carbonyl (C=O) groups is 1. The molecule has 0 unspecified atom stereocenters. The van der Waals surface area contributed by atoms with Crippen molar-refractivity contribution in [3.8, 4) is 6.07 Å². The third kappa shape index (κ3) is 3.46. The Morgan fingerprint density at radius 1 is 1.71 bits per heavy atom. The Hall–Kier alpha value is -1.54. The van der Waals surface area contributed by atoms with E-state index < -0.39 is 5.97 Å². The topological polar surface area (TPSA) is 74.0 Å². The van der Waals surface area contributed by atoms with E-state index in [0.29, 0.717) is 11.4 Å². The van der Waals surface area contributed by atoms with Gasteiger partial charge in [-0.05, 0) is 12.1 Å². The van der Waals surface area contributed by atoms with Gasteiger partial charge in [-0.2, -0.15) is 5.26 Å².